The number of thiazole rings is 1. The molecule has 1 aromatic rings. The largest absolute Gasteiger partial charge is 0.411 e. The summed E-state index contributed by atoms with van der Waals surface area (Å²) in [7, 11) is 0. The van der Waals surface area contributed by atoms with E-state index in [1.807, 2.05) is 19.2 Å². The van der Waals surface area contributed by atoms with Gasteiger partial charge in [-0.25, -0.2) is 4.98 Å². The molecule has 98 valence electrons. The first-order valence-electron chi connectivity index (χ1n) is 5.07. The zero-order chi connectivity index (χ0) is 13.1. The fourth-order valence-electron chi connectivity index (χ4n) is 1.07. The molecule has 0 aliphatic carbocycles. The molecule has 1 rings (SSSR count). The monoisotopic (exact) mass is 268 g/mol. The minimum absolute atomic E-state index is 0.0114. The molecule has 0 unspecified atom stereocenters. The Bertz CT molecular complexity index is 357. The van der Waals surface area contributed by atoms with Crippen LogP contribution >= 0.6 is 11.3 Å². The van der Waals surface area contributed by atoms with Gasteiger partial charge < -0.3 is 10.5 Å². The fraction of sp³-hybridized carbons (Fsp3) is 0.700. The molecule has 0 amide bonds. The second kappa shape index (κ2) is 5.32. The molecule has 7 heteroatoms. The van der Waals surface area contributed by atoms with E-state index in [-0.39, 0.29) is 6.61 Å². The molecular formula is C10H15F3N2OS. The molecule has 0 fully saturated rings. The van der Waals surface area contributed by atoms with E-state index in [2.05, 4.69) is 9.72 Å². The smallest absolute Gasteiger partial charge is 0.372 e. The zero-order valence-corrected chi connectivity index (χ0v) is 10.5. The molecule has 0 aliphatic heterocycles. The van der Waals surface area contributed by atoms with Crippen LogP contribution in [0.3, 0.4) is 0 Å². The molecule has 0 spiro atoms. The van der Waals surface area contributed by atoms with Gasteiger partial charge in [-0.1, -0.05) is 0 Å². The van der Waals surface area contributed by atoms with E-state index in [9.17, 15) is 13.2 Å². The quantitative estimate of drug-likeness (QED) is 0.834. The third-order valence-corrected chi connectivity index (χ3v) is 2.85. The Morgan fingerprint density at radius 1 is 1.41 bits per heavy atom. The number of hydrogen-bond acceptors (Lipinski definition) is 4. The normalized spacial score (nSPS) is 13.1. The van der Waals surface area contributed by atoms with Crippen molar-refractivity contribution in [1.29, 1.82) is 0 Å². The van der Waals surface area contributed by atoms with Gasteiger partial charge in [0.05, 0.1) is 22.8 Å². The first-order valence-corrected chi connectivity index (χ1v) is 5.95. The van der Waals surface area contributed by atoms with Crippen LogP contribution in [0.25, 0.3) is 0 Å². The summed E-state index contributed by atoms with van der Waals surface area (Å²) in [5.41, 5.74) is 6.06. The average molecular weight is 268 g/mol. The molecule has 1 heterocycles. The number of aromatic nitrogens is 1. The summed E-state index contributed by atoms with van der Waals surface area (Å²) in [5.74, 6) is 0. The van der Waals surface area contributed by atoms with Crippen molar-refractivity contribution in [3.63, 3.8) is 0 Å². The highest BCUT2D eigenvalue weighted by molar-refractivity contribution is 7.09. The Morgan fingerprint density at radius 2 is 2.06 bits per heavy atom. The van der Waals surface area contributed by atoms with Crippen molar-refractivity contribution in [2.75, 3.05) is 13.2 Å². The Morgan fingerprint density at radius 3 is 2.53 bits per heavy atom. The summed E-state index contributed by atoms with van der Waals surface area (Å²) >= 11 is 1.38. The summed E-state index contributed by atoms with van der Waals surface area (Å²) in [5, 5.41) is 2.56. The van der Waals surface area contributed by atoms with Crippen LogP contribution < -0.4 is 5.73 Å². The topological polar surface area (TPSA) is 48.1 Å². The summed E-state index contributed by atoms with van der Waals surface area (Å²) in [6, 6.07) is 0. The number of nitrogens with two attached hydrogens (primary N) is 1. The van der Waals surface area contributed by atoms with Crippen LogP contribution in [0.4, 0.5) is 13.2 Å². The van der Waals surface area contributed by atoms with Gasteiger partial charge in [0, 0.05) is 11.8 Å². The Balaban J connectivity index is 2.36. The van der Waals surface area contributed by atoms with E-state index in [0.29, 0.717) is 6.42 Å². The third-order valence-electron chi connectivity index (χ3n) is 1.94. The van der Waals surface area contributed by atoms with Crippen LogP contribution in [-0.4, -0.2) is 24.4 Å². The molecule has 3 nitrogen and oxygen atoms in total. The molecule has 0 saturated carbocycles. The number of hydrogen-bond donors (Lipinski definition) is 1. The SMILES string of the molecule is CC(C)(N)c1csc(CCOCC(F)(F)F)n1. The van der Waals surface area contributed by atoms with E-state index < -0.39 is 18.3 Å². The van der Waals surface area contributed by atoms with E-state index in [1.54, 1.807) is 0 Å². The van der Waals surface area contributed by atoms with Crippen LogP contribution in [0.1, 0.15) is 24.5 Å². The molecule has 0 aliphatic rings. The van der Waals surface area contributed by atoms with E-state index in [0.717, 1.165) is 10.7 Å². The van der Waals surface area contributed by atoms with Crippen molar-refractivity contribution >= 4 is 11.3 Å². The molecule has 0 saturated heterocycles. The summed E-state index contributed by atoms with van der Waals surface area (Å²) in [4.78, 5) is 4.25. The van der Waals surface area contributed by atoms with Gasteiger partial charge in [0.25, 0.3) is 0 Å². The fourth-order valence-corrected chi connectivity index (χ4v) is 2.03. The molecular weight excluding hydrogens is 253 g/mol. The second-order valence-electron chi connectivity index (χ2n) is 4.27. The van der Waals surface area contributed by atoms with Gasteiger partial charge >= 0.3 is 6.18 Å². The summed E-state index contributed by atoms with van der Waals surface area (Å²) in [6.07, 6.45) is -3.90. The molecule has 17 heavy (non-hydrogen) atoms. The molecule has 0 aromatic carbocycles. The number of ether oxygens (including phenoxy) is 1. The van der Waals surface area contributed by atoms with Crippen LogP contribution in [-0.2, 0) is 16.7 Å². The van der Waals surface area contributed by atoms with Crippen molar-refractivity contribution in [1.82, 2.24) is 4.98 Å². The lowest BCUT2D eigenvalue weighted by Gasteiger charge is -2.14. The summed E-state index contributed by atoms with van der Waals surface area (Å²) in [6.45, 7) is 2.45. The lowest BCUT2D eigenvalue weighted by molar-refractivity contribution is -0.173. The Kier molecular flexibility index (Phi) is 4.51. The van der Waals surface area contributed by atoms with Gasteiger partial charge in [0.15, 0.2) is 0 Å². The highest BCUT2D eigenvalue weighted by Crippen LogP contribution is 2.20. The minimum Gasteiger partial charge on any atom is -0.372 e. The Hall–Kier alpha value is -0.660. The number of nitrogens with zero attached hydrogens (tertiary/aromatic N) is 1. The van der Waals surface area contributed by atoms with E-state index in [1.165, 1.54) is 11.3 Å². The molecule has 2 N–H and O–H groups in total. The lowest BCUT2D eigenvalue weighted by Crippen LogP contribution is -2.29. The lowest BCUT2D eigenvalue weighted by atomic mass is 10.0. The highest BCUT2D eigenvalue weighted by Gasteiger charge is 2.27. The molecule has 0 bridgehead atoms. The van der Waals surface area contributed by atoms with Crippen LogP contribution in [0.5, 0.6) is 0 Å². The molecule has 1 aromatic heterocycles. The highest BCUT2D eigenvalue weighted by atomic mass is 32.1. The van der Waals surface area contributed by atoms with Crippen molar-refractivity contribution in [2.45, 2.75) is 32.0 Å². The van der Waals surface area contributed by atoms with Crippen molar-refractivity contribution in [3.05, 3.63) is 16.1 Å². The van der Waals surface area contributed by atoms with Gasteiger partial charge in [0.1, 0.15) is 6.61 Å². The minimum atomic E-state index is -4.27. The third kappa shape index (κ3) is 5.47. The predicted octanol–water partition coefficient (Wildman–Crippen LogP) is 2.46. The average Bonchev–Trinajstić information content (AvgIpc) is 2.58. The number of halogens is 3. The van der Waals surface area contributed by atoms with Gasteiger partial charge in [-0.3, -0.25) is 0 Å². The molecule has 0 radical (unpaired) electrons. The van der Waals surface area contributed by atoms with E-state index in [4.69, 9.17) is 5.73 Å². The number of alkyl halides is 3. The van der Waals surface area contributed by atoms with Gasteiger partial charge in [-0.2, -0.15) is 13.2 Å². The van der Waals surface area contributed by atoms with E-state index >= 15 is 0 Å². The van der Waals surface area contributed by atoms with Gasteiger partial charge in [-0.05, 0) is 13.8 Å². The van der Waals surface area contributed by atoms with Crippen LogP contribution in [0, 0.1) is 0 Å². The van der Waals surface area contributed by atoms with Crippen LogP contribution in [0.15, 0.2) is 5.38 Å². The molecule has 0 atom stereocenters. The first-order chi connectivity index (χ1) is 7.68. The standard InChI is InChI=1S/C10H15F3N2OS/c1-9(2,14)7-5-17-8(15-7)3-4-16-6-10(11,12)13/h5H,3-4,6,14H2,1-2H3. The first kappa shape index (κ1) is 14.4. The maximum atomic E-state index is 11.8. The summed E-state index contributed by atoms with van der Waals surface area (Å²) < 4.78 is 39.9. The van der Waals surface area contributed by atoms with Gasteiger partial charge in [0.2, 0.25) is 0 Å². The second-order valence-corrected chi connectivity index (χ2v) is 5.21. The van der Waals surface area contributed by atoms with Crippen LogP contribution in [0.2, 0.25) is 0 Å². The van der Waals surface area contributed by atoms with Crippen molar-refractivity contribution in [3.8, 4) is 0 Å². The zero-order valence-electron chi connectivity index (χ0n) is 9.67. The maximum absolute atomic E-state index is 11.8. The van der Waals surface area contributed by atoms with Crippen molar-refractivity contribution in [2.24, 2.45) is 5.73 Å². The maximum Gasteiger partial charge on any atom is 0.411 e. The Labute approximate surface area is 102 Å². The van der Waals surface area contributed by atoms with Crippen molar-refractivity contribution < 1.29 is 17.9 Å². The van der Waals surface area contributed by atoms with Gasteiger partial charge in [-0.15, -0.1) is 11.3 Å². The number of rotatable bonds is 5. The predicted molar refractivity (Wildman–Crippen MR) is 59.9 cm³/mol.